The van der Waals surface area contributed by atoms with E-state index in [9.17, 15) is 19.8 Å². The van der Waals surface area contributed by atoms with Crippen LogP contribution in [0.15, 0.2) is 12.7 Å². The summed E-state index contributed by atoms with van der Waals surface area (Å²) in [6.45, 7) is 9.94. The van der Waals surface area contributed by atoms with E-state index in [1.165, 1.54) is 0 Å². The van der Waals surface area contributed by atoms with Crippen molar-refractivity contribution < 1.29 is 19.8 Å². The van der Waals surface area contributed by atoms with Crippen LogP contribution in [-0.2, 0) is 9.59 Å². The van der Waals surface area contributed by atoms with E-state index < -0.39 is 5.92 Å². The van der Waals surface area contributed by atoms with Crippen LogP contribution in [-0.4, -0.2) is 58.8 Å². The van der Waals surface area contributed by atoms with E-state index in [2.05, 4.69) is 11.9 Å². The number of likely N-dealkylation sites (tertiary alicyclic amines) is 1. The van der Waals surface area contributed by atoms with Gasteiger partial charge >= 0.3 is 0 Å². The molecule has 138 valence electrons. The van der Waals surface area contributed by atoms with Gasteiger partial charge in [-0.3, -0.25) is 9.59 Å². The van der Waals surface area contributed by atoms with Gasteiger partial charge in [0.05, 0.1) is 31.2 Å². The number of nitrogens with one attached hydrogen (secondary N) is 1. The van der Waals surface area contributed by atoms with Gasteiger partial charge < -0.3 is 20.4 Å². The SMILES string of the molecule is C=CC[C@@H](CC(=O)N1CCC[C@H]1CO)C(=O)N[C@H](CO)C(C)(C)C. The summed E-state index contributed by atoms with van der Waals surface area (Å²) in [6, 6.07) is -0.505. The van der Waals surface area contributed by atoms with Crippen LogP contribution in [0.25, 0.3) is 0 Å². The Kier molecular flexibility index (Phi) is 7.90. The van der Waals surface area contributed by atoms with Crippen LogP contribution in [0.3, 0.4) is 0 Å². The van der Waals surface area contributed by atoms with Gasteiger partial charge in [-0.15, -0.1) is 6.58 Å². The highest BCUT2D eigenvalue weighted by Gasteiger charge is 2.33. The minimum Gasteiger partial charge on any atom is -0.394 e. The van der Waals surface area contributed by atoms with Crippen molar-refractivity contribution in [3.63, 3.8) is 0 Å². The number of aliphatic hydroxyl groups is 2. The number of carbonyl (C=O) groups is 2. The van der Waals surface area contributed by atoms with Gasteiger partial charge in [-0.05, 0) is 24.7 Å². The molecule has 0 bridgehead atoms. The number of hydrogen-bond donors (Lipinski definition) is 3. The van der Waals surface area contributed by atoms with E-state index in [1.54, 1.807) is 11.0 Å². The van der Waals surface area contributed by atoms with Crippen molar-refractivity contribution in [3.05, 3.63) is 12.7 Å². The van der Waals surface area contributed by atoms with Gasteiger partial charge in [-0.1, -0.05) is 26.8 Å². The number of rotatable bonds is 8. The third kappa shape index (κ3) is 5.60. The first kappa shape index (κ1) is 20.6. The molecule has 1 heterocycles. The molecule has 3 N–H and O–H groups in total. The summed E-state index contributed by atoms with van der Waals surface area (Å²) in [4.78, 5) is 26.7. The Morgan fingerprint density at radius 2 is 2.04 bits per heavy atom. The quantitative estimate of drug-likeness (QED) is 0.577. The van der Waals surface area contributed by atoms with E-state index in [1.807, 2.05) is 20.8 Å². The molecular weight excluding hydrogens is 308 g/mol. The molecule has 1 aliphatic rings. The zero-order valence-electron chi connectivity index (χ0n) is 15.1. The normalized spacial score (nSPS) is 20.5. The molecule has 0 spiro atoms. The predicted molar refractivity (Wildman–Crippen MR) is 93.2 cm³/mol. The van der Waals surface area contributed by atoms with E-state index in [0.717, 1.165) is 12.8 Å². The average molecular weight is 340 g/mol. The second-order valence-corrected chi connectivity index (χ2v) is 7.60. The topological polar surface area (TPSA) is 89.9 Å². The van der Waals surface area contributed by atoms with Crippen LogP contribution in [0, 0.1) is 11.3 Å². The maximum atomic E-state index is 12.6. The van der Waals surface area contributed by atoms with E-state index in [0.29, 0.717) is 13.0 Å². The Bertz CT molecular complexity index is 445. The number of aliphatic hydroxyl groups excluding tert-OH is 2. The molecule has 1 saturated heterocycles. The lowest BCUT2D eigenvalue weighted by Crippen LogP contribution is -2.49. The first-order valence-corrected chi connectivity index (χ1v) is 8.67. The molecule has 1 aliphatic heterocycles. The maximum Gasteiger partial charge on any atom is 0.224 e. The van der Waals surface area contributed by atoms with Crippen LogP contribution >= 0.6 is 0 Å². The van der Waals surface area contributed by atoms with Crippen LogP contribution < -0.4 is 5.32 Å². The predicted octanol–water partition coefficient (Wildman–Crippen LogP) is 1.08. The number of amides is 2. The molecule has 1 fully saturated rings. The third-order valence-corrected chi connectivity index (χ3v) is 4.70. The van der Waals surface area contributed by atoms with Crippen molar-refractivity contribution >= 4 is 11.8 Å². The molecule has 6 nitrogen and oxygen atoms in total. The van der Waals surface area contributed by atoms with Gasteiger partial charge in [0.1, 0.15) is 0 Å². The van der Waals surface area contributed by atoms with Gasteiger partial charge in [0.25, 0.3) is 0 Å². The highest BCUT2D eigenvalue weighted by atomic mass is 16.3. The summed E-state index contributed by atoms with van der Waals surface area (Å²) in [5.41, 5.74) is -0.274. The van der Waals surface area contributed by atoms with Crippen molar-refractivity contribution in [3.8, 4) is 0 Å². The molecule has 1 rings (SSSR count). The Hall–Kier alpha value is -1.40. The number of nitrogens with zero attached hydrogens (tertiary/aromatic N) is 1. The standard InChI is InChI=1S/C18H32N2O4/c1-5-7-13(17(24)19-15(12-22)18(2,3)4)10-16(23)20-9-6-8-14(20)11-21/h5,13-15,21-22H,1,6-12H2,2-4H3,(H,19,24)/t13-,14-,15+/m0/s1. The lowest BCUT2D eigenvalue weighted by molar-refractivity contribution is -0.138. The van der Waals surface area contributed by atoms with Crippen molar-refractivity contribution in [1.29, 1.82) is 0 Å². The lowest BCUT2D eigenvalue weighted by atomic mass is 9.86. The molecule has 0 aromatic carbocycles. The van der Waals surface area contributed by atoms with Crippen molar-refractivity contribution in [2.75, 3.05) is 19.8 Å². The monoisotopic (exact) mass is 340 g/mol. The molecule has 0 radical (unpaired) electrons. The second kappa shape index (κ2) is 9.18. The highest BCUT2D eigenvalue weighted by Crippen LogP contribution is 2.23. The Labute approximate surface area is 144 Å². The zero-order chi connectivity index (χ0) is 18.3. The fraction of sp³-hybridized carbons (Fsp3) is 0.778. The molecule has 0 saturated carbocycles. The van der Waals surface area contributed by atoms with Crippen molar-refractivity contribution in [2.24, 2.45) is 11.3 Å². The first-order valence-electron chi connectivity index (χ1n) is 8.67. The fourth-order valence-corrected chi connectivity index (χ4v) is 2.99. The highest BCUT2D eigenvalue weighted by molar-refractivity contribution is 5.86. The lowest BCUT2D eigenvalue weighted by Gasteiger charge is -2.31. The minimum atomic E-state index is -0.508. The van der Waals surface area contributed by atoms with Crippen LogP contribution in [0.5, 0.6) is 0 Å². The summed E-state index contributed by atoms with van der Waals surface area (Å²) in [5, 5.41) is 21.7. The molecule has 0 aromatic rings. The average Bonchev–Trinajstić information content (AvgIpc) is 2.99. The van der Waals surface area contributed by atoms with Crippen LogP contribution in [0.1, 0.15) is 46.5 Å². The summed E-state index contributed by atoms with van der Waals surface area (Å²) in [6.07, 6.45) is 3.81. The number of allylic oxidation sites excluding steroid dienone is 1. The van der Waals surface area contributed by atoms with Gasteiger partial charge in [-0.2, -0.15) is 0 Å². The third-order valence-electron chi connectivity index (χ3n) is 4.70. The summed E-state index contributed by atoms with van der Waals surface area (Å²) >= 11 is 0. The zero-order valence-corrected chi connectivity index (χ0v) is 15.1. The van der Waals surface area contributed by atoms with Crippen molar-refractivity contribution in [2.45, 2.75) is 58.5 Å². The number of carbonyl (C=O) groups excluding carboxylic acids is 2. The Morgan fingerprint density at radius 3 is 2.54 bits per heavy atom. The molecule has 3 atom stereocenters. The Morgan fingerprint density at radius 1 is 1.38 bits per heavy atom. The van der Waals surface area contributed by atoms with Crippen LogP contribution in [0.4, 0.5) is 0 Å². The van der Waals surface area contributed by atoms with E-state index >= 15 is 0 Å². The molecule has 0 unspecified atom stereocenters. The van der Waals surface area contributed by atoms with Gasteiger partial charge in [0.15, 0.2) is 0 Å². The summed E-state index contributed by atoms with van der Waals surface area (Å²) < 4.78 is 0. The largest absolute Gasteiger partial charge is 0.394 e. The minimum absolute atomic E-state index is 0.0410. The molecule has 0 aliphatic carbocycles. The molecule has 2 amide bonds. The number of hydrogen-bond acceptors (Lipinski definition) is 4. The van der Waals surface area contributed by atoms with Crippen molar-refractivity contribution in [1.82, 2.24) is 10.2 Å². The van der Waals surface area contributed by atoms with Gasteiger partial charge in [-0.25, -0.2) is 0 Å². The summed E-state index contributed by atoms with van der Waals surface area (Å²) in [5.74, 6) is -0.854. The molecule has 0 aromatic heterocycles. The smallest absolute Gasteiger partial charge is 0.224 e. The van der Waals surface area contributed by atoms with Gasteiger partial charge in [0, 0.05) is 13.0 Å². The second-order valence-electron chi connectivity index (χ2n) is 7.60. The molecular formula is C18H32N2O4. The maximum absolute atomic E-state index is 12.6. The fourth-order valence-electron chi connectivity index (χ4n) is 2.99. The van der Waals surface area contributed by atoms with Gasteiger partial charge in [0.2, 0.25) is 11.8 Å². The molecule has 6 heteroatoms. The Balaban J connectivity index is 2.73. The van der Waals surface area contributed by atoms with E-state index in [4.69, 9.17) is 0 Å². The van der Waals surface area contributed by atoms with Crippen LogP contribution in [0.2, 0.25) is 0 Å². The first-order chi connectivity index (χ1) is 11.2. The van der Waals surface area contributed by atoms with E-state index in [-0.39, 0.29) is 48.9 Å². The summed E-state index contributed by atoms with van der Waals surface area (Å²) in [7, 11) is 0. The molecule has 24 heavy (non-hydrogen) atoms.